The summed E-state index contributed by atoms with van der Waals surface area (Å²) in [4.78, 5) is 28.1. The monoisotopic (exact) mass is 345 g/mol. The van der Waals surface area contributed by atoms with Crippen molar-refractivity contribution in [1.82, 2.24) is 15.1 Å². The lowest BCUT2D eigenvalue weighted by Gasteiger charge is -2.43. The van der Waals surface area contributed by atoms with Crippen LogP contribution in [0.15, 0.2) is 30.3 Å². The Morgan fingerprint density at radius 3 is 2.36 bits per heavy atom. The molecule has 0 bridgehead atoms. The van der Waals surface area contributed by atoms with Crippen LogP contribution in [0.1, 0.15) is 31.7 Å². The van der Waals surface area contributed by atoms with E-state index in [0.29, 0.717) is 39.3 Å². The van der Waals surface area contributed by atoms with Gasteiger partial charge in [0.2, 0.25) is 5.91 Å². The predicted octanol–water partition coefficient (Wildman–Crippen LogP) is 1.96. The number of carbonyl (C=O) groups excluding carboxylic acids is 2. The Labute approximate surface area is 149 Å². The maximum atomic E-state index is 12.6. The number of carbonyl (C=O) groups is 2. The third-order valence-corrected chi connectivity index (χ3v) is 5.18. The van der Waals surface area contributed by atoms with Crippen LogP contribution in [0.4, 0.5) is 4.79 Å². The zero-order valence-electron chi connectivity index (χ0n) is 14.9. The molecule has 0 radical (unpaired) electrons. The van der Waals surface area contributed by atoms with Gasteiger partial charge < -0.3 is 15.0 Å². The lowest BCUT2D eigenvalue weighted by atomic mass is 9.72. The van der Waals surface area contributed by atoms with E-state index in [1.807, 2.05) is 25.1 Å². The number of rotatable bonds is 5. The van der Waals surface area contributed by atoms with Crippen LogP contribution in [0.3, 0.4) is 0 Å². The minimum Gasteiger partial charge on any atom is -0.450 e. The maximum Gasteiger partial charge on any atom is 0.409 e. The normalized spacial score (nSPS) is 19.8. The van der Waals surface area contributed by atoms with E-state index < -0.39 is 0 Å². The molecule has 1 N–H and O–H groups in total. The highest BCUT2D eigenvalue weighted by molar-refractivity contribution is 5.79. The molecule has 0 spiro atoms. The number of piperazine rings is 1. The van der Waals surface area contributed by atoms with Gasteiger partial charge in [0, 0.05) is 26.2 Å². The molecule has 1 aliphatic heterocycles. The van der Waals surface area contributed by atoms with Crippen molar-refractivity contribution in [1.29, 1.82) is 0 Å². The van der Waals surface area contributed by atoms with Crippen LogP contribution < -0.4 is 5.32 Å². The summed E-state index contributed by atoms with van der Waals surface area (Å²) in [5.74, 6) is 0.0631. The van der Waals surface area contributed by atoms with E-state index in [1.54, 1.807) is 4.90 Å². The number of hydrogen-bond acceptors (Lipinski definition) is 4. The Bertz CT molecular complexity index is 593. The number of benzene rings is 1. The molecule has 0 atom stereocenters. The average Bonchev–Trinajstić information content (AvgIpc) is 2.60. The fourth-order valence-electron chi connectivity index (χ4n) is 3.59. The van der Waals surface area contributed by atoms with Gasteiger partial charge in [-0.2, -0.15) is 0 Å². The molecule has 1 aliphatic carbocycles. The molecular formula is C19H27N3O3. The topological polar surface area (TPSA) is 61.9 Å². The number of ether oxygens (including phenoxy) is 1. The Morgan fingerprint density at radius 2 is 1.80 bits per heavy atom. The summed E-state index contributed by atoms with van der Waals surface area (Å²) in [6, 6.07) is 10.2. The van der Waals surface area contributed by atoms with Gasteiger partial charge in [0.25, 0.3) is 0 Å². The summed E-state index contributed by atoms with van der Waals surface area (Å²) >= 11 is 0. The van der Waals surface area contributed by atoms with Crippen LogP contribution >= 0.6 is 0 Å². The highest BCUT2D eigenvalue weighted by atomic mass is 16.6. The first-order valence-corrected chi connectivity index (χ1v) is 9.13. The minimum atomic E-state index is -0.260. The Kier molecular flexibility index (Phi) is 5.58. The zero-order valence-corrected chi connectivity index (χ0v) is 14.9. The lowest BCUT2D eigenvalue weighted by molar-refractivity contribution is -0.125. The van der Waals surface area contributed by atoms with E-state index in [1.165, 1.54) is 5.56 Å². The van der Waals surface area contributed by atoms with E-state index in [2.05, 4.69) is 22.3 Å². The van der Waals surface area contributed by atoms with Crippen molar-refractivity contribution in [2.75, 3.05) is 39.3 Å². The van der Waals surface area contributed by atoms with Crippen molar-refractivity contribution < 1.29 is 14.3 Å². The number of hydrogen-bond donors (Lipinski definition) is 1. The van der Waals surface area contributed by atoms with Gasteiger partial charge in [-0.15, -0.1) is 0 Å². The average molecular weight is 345 g/mol. The van der Waals surface area contributed by atoms with Gasteiger partial charge in [-0.05, 0) is 31.7 Å². The molecule has 1 saturated carbocycles. The number of nitrogens with zero attached hydrogens (tertiary/aromatic N) is 2. The Morgan fingerprint density at radius 1 is 1.12 bits per heavy atom. The van der Waals surface area contributed by atoms with Crippen LogP contribution in [0, 0.1) is 0 Å². The predicted molar refractivity (Wildman–Crippen MR) is 95.1 cm³/mol. The van der Waals surface area contributed by atoms with Crippen molar-refractivity contribution in [3.63, 3.8) is 0 Å². The molecule has 2 fully saturated rings. The highest BCUT2D eigenvalue weighted by Gasteiger charge is 2.40. The second-order valence-electron chi connectivity index (χ2n) is 6.81. The van der Waals surface area contributed by atoms with Crippen molar-refractivity contribution in [3.05, 3.63) is 35.9 Å². The van der Waals surface area contributed by atoms with Crippen LogP contribution in [-0.4, -0.2) is 61.1 Å². The summed E-state index contributed by atoms with van der Waals surface area (Å²) in [5, 5.41) is 3.26. The van der Waals surface area contributed by atoms with Gasteiger partial charge in [0.1, 0.15) is 0 Å². The quantitative estimate of drug-likeness (QED) is 0.886. The first kappa shape index (κ1) is 17.7. The SMILES string of the molecule is CCOC(=O)N1CCN(CC(=O)NC2(c3ccccc3)CCC2)CC1. The fourth-order valence-corrected chi connectivity index (χ4v) is 3.59. The lowest BCUT2D eigenvalue weighted by Crippen LogP contribution is -2.55. The molecule has 2 amide bonds. The summed E-state index contributed by atoms with van der Waals surface area (Å²) in [6.45, 7) is 5.19. The van der Waals surface area contributed by atoms with E-state index in [4.69, 9.17) is 4.74 Å². The maximum absolute atomic E-state index is 12.6. The van der Waals surface area contributed by atoms with Gasteiger partial charge in [-0.25, -0.2) is 4.79 Å². The van der Waals surface area contributed by atoms with Gasteiger partial charge in [0.15, 0.2) is 0 Å². The first-order valence-electron chi connectivity index (χ1n) is 9.13. The molecule has 1 saturated heterocycles. The molecule has 6 nitrogen and oxygen atoms in total. The number of amides is 2. The van der Waals surface area contributed by atoms with Gasteiger partial charge in [0.05, 0.1) is 18.7 Å². The molecule has 2 aliphatic rings. The Hall–Kier alpha value is -2.08. The summed E-state index contributed by atoms with van der Waals surface area (Å²) in [7, 11) is 0. The van der Waals surface area contributed by atoms with Crippen molar-refractivity contribution in [2.24, 2.45) is 0 Å². The van der Waals surface area contributed by atoms with Crippen LogP contribution in [-0.2, 0) is 15.1 Å². The number of nitrogens with one attached hydrogen (secondary N) is 1. The van der Waals surface area contributed by atoms with Crippen LogP contribution in [0.25, 0.3) is 0 Å². The molecule has 6 heteroatoms. The van der Waals surface area contributed by atoms with Gasteiger partial charge in [-0.1, -0.05) is 30.3 Å². The third-order valence-electron chi connectivity index (χ3n) is 5.18. The molecule has 0 unspecified atom stereocenters. The van der Waals surface area contributed by atoms with Crippen molar-refractivity contribution in [2.45, 2.75) is 31.7 Å². The van der Waals surface area contributed by atoms with E-state index in [-0.39, 0.29) is 17.5 Å². The highest BCUT2D eigenvalue weighted by Crippen LogP contribution is 2.41. The minimum absolute atomic E-state index is 0.0631. The second-order valence-corrected chi connectivity index (χ2v) is 6.81. The van der Waals surface area contributed by atoms with Crippen LogP contribution in [0.5, 0.6) is 0 Å². The summed E-state index contributed by atoms with van der Waals surface area (Å²) < 4.78 is 5.02. The van der Waals surface area contributed by atoms with E-state index in [0.717, 1.165) is 19.3 Å². The van der Waals surface area contributed by atoms with E-state index in [9.17, 15) is 9.59 Å². The largest absolute Gasteiger partial charge is 0.450 e. The summed E-state index contributed by atoms with van der Waals surface area (Å²) in [5.41, 5.74) is 1.01. The molecule has 0 aromatic heterocycles. The van der Waals surface area contributed by atoms with Gasteiger partial charge >= 0.3 is 6.09 Å². The molecule has 1 aromatic carbocycles. The van der Waals surface area contributed by atoms with Crippen LogP contribution in [0.2, 0.25) is 0 Å². The summed E-state index contributed by atoms with van der Waals surface area (Å²) in [6.07, 6.45) is 2.88. The molecule has 25 heavy (non-hydrogen) atoms. The Balaban J connectivity index is 1.49. The second kappa shape index (κ2) is 7.87. The zero-order chi connectivity index (χ0) is 17.7. The van der Waals surface area contributed by atoms with Gasteiger partial charge in [-0.3, -0.25) is 9.69 Å². The standard InChI is InChI=1S/C19H27N3O3/c1-2-25-18(24)22-13-11-21(12-14-22)15-17(23)20-19(9-6-10-19)16-7-4-3-5-8-16/h3-5,7-8H,2,6,9-15H2,1H3,(H,20,23). The third kappa shape index (κ3) is 4.12. The first-order chi connectivity index (χ1) is 12.1. The molecule has 1 aromatic rings. The molecule has 3 rings (SSSR count). The molecule has 136 valence electrons. The smallest absolute Gasteiger partial charge is 0.409 e. The molecule has 1 heterocycles. The van der Waals surface area contributed by atoms with Crippen molar-refractivity contribution >= 4 is 12.0 Å². The fraction of sp³-hybridized carbons (Fsp3) is 0.579. The molecular weight excluding hydrogens is 318 g/mol. The van der Waals surface area contributed by atoms with Crippen molar-refractivity contribution in [3.8, 4) is 0 Å². The van der Waals surface area contributed by atoms with E-state index >= 15 is 0 Å².